The van der Waals surface area contributed by atoms with Gasteiger partial charge in [0.05, 0.1) is 22.5 Å². The Morgan fingerprint density at radius 1 is 1.18 bits per heavy atom. The Labute approximate surface area is 170 Å². The number of benzene rings is 2. The maximum Gasteiger partial charge on any atom is 0.244 e. The zero-order chi connectivity index (χ0) is 19.5. The number of aryl methyl sites for hydroxylation is 1. The lowest BCUT2D eigenvalue weighted by Gasteiger charge is -1.99. The van der Waals surface area contributed by atoms with Gasteiger partial charge in [-0.25, -0.2) is 9.97 Å². The number of nitrogens with one attached hydrogen (secondary N) is 1. The second kappa shape index (κ2) is 7.96. The summed E-state index contributed by atoms with van der Waals surface area (Å²) in [4.78, 5) is 20.9. The third-order valence-electron chi connectivity index (χ3n) is 4.05. The third kappa shape index (κ3) is 4.13. The molecule has 0 aliphatic heterocycles. The molecule has 2 aromatic heterocycles. The molecule has 140 valence electrons. The maximum absolute atomic E-state index is 12.1. The van der Waals surface area contributed by atoms with E-state index in [1.807, 2.05) is 43.3 Å². The van der Waals surface area contributed by atoms with E-state index in [2.05, 4.69) is 15.3 Å². The lowest BCUT2D eigenvalue weighted by Crippen LogP contribution is -2.20. The minimum atomic E-state index is -0.233. The molecule has 0 atom stereocenters. The fourth-order valence-electron chi connectivity index (χ4n) is 2.73. The van der Waals surface area contributed by atoms with Gasteiger partial charge in [-0.1, -0.05) is 23.7 Å². The fraction of sp³-hybridized carbons (Fsp3) is 0.0952. The molecule has 1 N–H and O–H groups in total. The van der Waals surface area contributed by atoms with E-state index in [1.54, 1.807) is 18.2 Å². The minimum absolute atomic E-state index is 0.206. The molecule has 2 heterocycles. The zero-order valence-corrected chi connectivity index (χ0v) is 16.6. The first-order valence-electron chi connectivity index (χ1n) is 8.62. The van der Waals surface area contributed by atoms with Crippen LogP contribution >= 0.6 is 22.9 Å². The number of thiazole rings is 1. The van der Waals surface area contributed by atoms with Crippen molar-refractivity contribution in [1.29, 1.82) is 0 Å². The van der Waals surface area contributed by atoms with E-state index in [0.29, 0.717) is 16.7 Å². The van der Waals surface area contributed by atoms with Crippen LogP contribution in [0.5, 0.6) is 0 Å². The van der Waals surface area contributed by atoms with Gasteiger partial charge in [-0.3, -0.25) is 4.79 Å². The predicted molar refractivity (Wildman–Crippen MR) is 112 cm³/mol. The van der Waals surface area contributed by atoms with Crippen molar-refractivity contribution in [3.63, 3.8) is 0 Å². The molecule has 0 unspecified atom stereocenters. The molecular weight excluding hydrogens is 394 g/mol. The number of carbonyl (C=O) groups excluding carboxylic acids is 1. The first-order valence-corrected chi connectivity index (χ1v) is 9.81. The Bertz CT molecular complexity index is 1130. The number of hydrogen-bond acceptors (Lipinski definition) is 5. The summed E-state index contributed by atoms with van der Waals surface area (Å²) in [6, 6.07) is 15.2. The number of amides is 1. The van der Waals surface area contributed by atoms with Gasteiger partial charge in [0, 0.05) is 16.7 Å². The van der Waals surface area contributed by atoms with Crippen molar-refractivity contribution in [2.45, 2.75) is 13.5 Å². The molecule has 7 heteroatoms. The smallest absolute Gasteiger partial charge is 0.244 e. The largest absolute Gasteiger partial charge is 0.438 e. The number of carbonyl (C=O) groups is 1. The number of para-hydroxylation sites is 1. The van der Waals surface area contributed by atoms with Crippen molar-refractivity contribution in [2.24, 2.45) is 0 Å². The predicted octanol–water partition coefficient (Wildman–Crippen LogP) is 5.24. The summed E-state index contributed by atoms with van der Waals surface area (Å²) < 4.78 is 6.88. The molecule has 28 heavy (non-hydrogen) atoms. The highest BCUT2D eigenvalue weighted by molar-refractivity contribution is 7.19. The van der Waals surface area contributed by atoms with Gasteiger partial charge in [0.2, 0.25) is 11.8 Å². The molecule has 0 saturated heterocycles. The first-order chi connectivity index (χ1) is 13.6. The number of rotatable bonds is 5. The van der Waals surface area contributed by atoms with Crippen LogP contribution in [0, 0.1) is 6.92 Å². The average Bonchev–Trinajstić information content (AvgIpc) is 3.28. The summed E-state index contributed by atoms with van der Waals surface area (Å²) in [5.74, 6) is 0.887. The highest BCUT2D eigenvalue weighted by Crippen LogP contribution is 2.26. The molecule has 0 spiro atoms. The van der Waals surface area contributed by atoms with Gasteiger partial charge in [0.15, 0.2) is 5.76 Å². The van der Waals surface area contributed by atoms with Crippen molar-refractivity contribution < 1.29 is 9.21 Å². The minimum Gasteiger partial charge on any atom is -0.438 e. The van der Waals surface area contributed by atoms with Crippen LogP contribution in [0.3, 0.4) is 0 Å². The Balaban J connectivity index is 1.39. The van der Waals surface area contributed by atoms with E-state index in [0.717, 1.165) is 26.5 Å². The number of hydrogen-bond donors (Lipinski definition) is 1. The molecule has 2 aromatic carbocycles. The first kappa shape index (κ1) is 18.4. The SMILES string of the molecule is Cc1nc(CNC(=O)C=Cc2nc3ccccc3s2)oc1-c1ccc(Cl)cc1. The Morgan fingerprint density at radius 3 is 2.75 bits per heavy atom. The van der Waals surface area contributed by atoms with E-state index in [4.69, 9.17) is 16.0 Å². The highest BCUT2D eigenvalue weighted by atomic mass is 35.5. The van der Waals surface area contributed by atoms with Gasteiger partial charge in [-0.05, 0) is 49.4 Å². The molecule has 1 amide bonds. The molecule has 4 rings (SSSR count). The normalized spacial score (nSPS) is 11.4. The number of nitrogens with zero attached hydrogens (tertiary/aromatic N) is 2. The molecule has 0 saturated carbocycles. The van der Waals surface area contributed by atoms with E-state index in [9.17, 15) is 4.79 Å². The Hall–Kier alpha value is -2.96. The summed E-state index contributed by atoms with van der Waals surface area (Å²) in [5.41, 5.74) is 2.58. The maximum atomic E-state index is 12.1. The van der Waals surface area contributed by atoms with Crippen LogP contribution in [0.2, 0.25) is 5.02 Å². The molecule has 5 nitrogen and oxygen atoms in total. The summed E-state index contributed by atoms with van der Waals surface area (Å²) in [6.45, 7) is 2.07. The van der Waals surface area contributed by atoms with Crippen LogP contribution in [-0.4, -0.2) is 15.9 Å². The van der Waals surface area contributed by atoms with Gasteiger partial charge in [0.25, 0.3) is 0 Å². The lowest BCUT2D eigenvalue weighted by atomic mass is 10.1. The molecular formula is C21H16ClN3O2S. The molecule has 0 fully saturated rings. The number of fused-ring (bicyclic) bond motifs is 1. The van der Waals surface area contributed by atoms with E-state index in [1.165, 1.54) is 17.4 Å². The van der Waals surface area contributed by atoms with Crippen LogP contribution in [0.4, 0.5) is 0 Å². The quantitative estimate of drug-likeness (QED) is 0.457. The summed E-state index contributed by atoms with van der Waals surface area (Å²) in [7, 11) is 0. The molecule has 0 radical (unpaired) electrons. The van der Waals surface area contributed by atoms with Gasteiger partial charge in [-0.2, -0.15) is 0 Å². The van der Waals surface area contributed by atoms with Crippen molar-refractivity contribution in [1.82, 2.24) is 15.3 Å². The molecule has 0 aliphatic carbocycles. The fourth-order valence-corrected chi connectivity index (χ4v) is 3.72. The second-order valence-electron chi connectivity index (χ2n) is 6.10. The van der Waals surface area contributed by atoms with Crippen molar-refractivity contribution in [3.05, 3.63) is 76.2 Å². The van der Waals surface area contributed by atoms with Gasteiger partial charge < -0.3 is 9.73 Å². The number of aromatic nitrogens is 2. The zero-order valence-electron chi connectivity index (χ0n) is 15.0. The van der Waals surface area contributed by atoms with Crippen LogP contribution in [0.1, 0.15) is 16.6 Å². The van der Waals surface area contributed by atoms with Gasteiger partial charge >= 0.3 is 0 Å². The standard InChI is InChI=1S/C21H16ClN3O2S/c1-13-21(14-6-8-15(22)9-7-14)27-19(24-13)12-23-18(26)10-11-20-25-16-4-2-3-5-17(16)28-20/h2-11H,12H2,1H3,(H,23,26). The average molecular weight is 410 g/mol. The Kier molecular flexibility index (Phi) is 5.23. The number of halogens is 1. The van der Waals surface area contributed by atoms with Crippen molar-refractivity contribution >= 4 is 45.1 Å². The summed E-state index contributed by atoms with van der Waals surface area (Å²) in [5, 5.41) is 4.22. The van der Waals surface area contributed by atoms with Crippen LogP contribution in [0.15, 0.2) is 59.0 Å². The number of oxazole rings is 1. The molecule has 0 bridgehead atoms. The summed E-state index contributed by atoms with van der Waals surface area (Å²) >= 11 is 7.46. The van der Waals surface area contributed by atoms with E-state index >= 15 is 0 Å². The van der Waals surface area contributed by atoms with E-state index in [-0.39, 0.29) is 12.5 Å². The van der Waals surface area contributed by atoms with E-state index < -0.39 is 0 Å². The van der Waals surface area contributed by atoms with Gasteiger partial charge in [-0.15, -0.1) is 11.3 Å². The molecule has 4 aromatic rings. The topological polar surface area (TPSA) is 68.0 Å². The second-order valence-corrected chi connectivity index (χ2v) is 7.60. The highest BCUT2D eigenvalue weighted by Gasteiger charge is 2.12. The summed E-state index contributed by atoms with van der Waals surface area (Å²) in [6.07, 6.45) is 3.17. The van der Waals surface area contributed by atoms with Crippen LogP contribution < -0.4 is 5.32 Å². The van der Waals surface area contributed by atoms with Gasteiger partial charge in [0.1, 0.15) is 5.01 Å². The third-order valence-corrected chi connectivity index (χ3v) is 5.30. The van der Waals surface area contributed by atoms with Crippen LogP contribution in [0.25, 0.3) is 27.6 Å². The lowest BCUT2D eigenvalue weighted by molar-refractivity contribution is -0.116. The monoisotopic (exact) mass is 409 g/mol. The van der Waals surface area contributed by atoms with Crippen molar-refractivity contribution in [2.75, 3.05) is 0 Å². The Morgan fingerprint density at radius 2 is 1.96 bits per heavy atom. The molecule has 0 aliphatic rings. The van der Waals surface area contributed by atoms with Crippen molar-refractivity contribution in [3.8, 4) is 11.3 Å². The van der Waals surface area contributed by atoms with Crippen LogP contribution in [-0.2, 0) is 11.3 Å².